The molecule has 3 N–H and O–H groups in total. The fraction of sp³-hybridized carbons (Fsp3) is 0.500. The molecule has 2 heterocycles. The number of aliphatic hydroxyl groups is 1. The maximum Gasteiger partial charge on any atom is 0.0924 e. The van der Waals surface area contributed by atoms with Gasteiger partial charge in [-0.3, -0.25) is 5.10 Å². The summed E-state index contributed by atoms with van der Waals surface area (Å²) >= 11 is 6.18. The third-order valence-corrected chi connectivity index (χ3v) is 4.91. The molecule has 6 heteroatoms. The summed E-state index contributed by atoms with van der Waals surface area (Å²) in [6, 6.07) is 3.77. The average Bonchev–Trinajstić information content (AvgIpc) is 3.01. The van der Waals surface area contributed by atoms with E-state index in [4.69, 9.17) is 11.6 Å². The molecule has 1 unspecified atom stereocenters. The van der Waals surface area contributed by atoms with Crippen LogP contribution >= 0.6 is 24.0 Å². The molecule has 2 fully saturated rings. The smallest absolute Gasteiger partial charge is 0.0924 e. The number of H-pyrrole nitrogens is 1. The van der Waals surface area contributed by atoms with Crippen LogP contribution < -0.4 is 5.32 Å². The third-order valence-electron chi connectivity index (χ3n) is 4.69. The van der Waals surface area contributed by atoms with Crippen molar-refractivity contribution in [2.45, 2.75) is 18.4 Å². The summed E-state index contributed by atoms with van der Waals surface area (Å²) < 4.78 is 0. The number of nitrogens with zero attached hydrogens (tertiary/aromatic N) is 1. The molecule has 0 radical (unpaired) electrons. The fourth-order valence-electron chi connectivity index (χ4n) is 3.82. The molecule has 20 heavy (non-hydrogen) atoms. The van der Waals surface area contributed by atoms with Gasteiger partial charge >= 0.3 is 0 Å². The molecule has 3 atom stereocenters. The van der Waals surface area contributed by atoms with Gasteiger partial charge < -0.3 is 10.4 Å². The topological polar surface area (TPSA) is 60.9 Å². The van der Waals surface area contributed by atoms with E-state index in [1.54, 1.807) is 6.20 Å². The molecule has 0 amide bonds. The molecule has 1 aliphatic carbocycles. The van der Waals surface area contributed by atoms with E-state index >= 15 is 0 Å². The molecule has 1 aromatic heterocycles. The maximum absolute atomic E-state index is 11.1. The summed E-state index contributed by atoms with van der Waals surface area (Å²) in [5.74, 6) is 1.14. The Hall–Kier alpha value is -0.810. The van der Waals surface area contributed by atoms with Gasteiger partial charge in [0.25, 0.3) is 0 Å². The molecule has 0 bridgehead atoms. The number of aromatic nitrogens is 2. The molecular formula is C14H17Cl2N3O. The first-order valence-electron chi connectivity index (χ1n) is 6.72. The van der Waals surface area contributed by atoms with Crippen LogP contribution in [0.4, 0.5) is 0 Å². The zero-order valence-electron chi connectivity index (χ0n) is 10.9. The minimum Gasteiger partial charge on any atom is -0.385 e. The second-order valence-corrected chi connectivity index (χ2v) is 6.34. The highest BCUT2D eigenvalue weighted by molar-refractivity contribution is 6.31. The second kappa shape index (κ2) is 4.88. The van der Waals surface area contributed by atoms with Crippen LogP contribution in [0.3, 0.4) is 0 Å². The Bertz CT molecular complexity index is 630. The van der Waals surface area contributed by atoms with E-state index in [2.05, 4.69) is 15.5 Å². The van der Waals surface area contributed by atoms with Gasteiger partial charge in [0.15, 0.2) is 0 Å². The van der Waals surface area contributed by atoms with Gasteiger partial charge in [-0.25, -0.2) is 0 Å². The average molecular weight is 314 g/mol. The molecule has 1 aromatic carbocycles. The van der Waals surface area contributed by atoms with Gasteiger partial charge in [0, 0.05) is 16.0 Å². The Morgan fingerprint density at radius 2 is 1.95 bits per heavy atom. The van der Waals surface area contributed by atoms with Crippen molar-refractivity contribution in [1.29, 1.82) is 0 Å². The number of aromatic amines is 1. The summed E-state index contributed by atoms with van der Waals surface area (Å²) in [7, 11) is 0. The minimum atomic E-state index is -0.771. The van der Waals surface area contributed by atoms with Crippen molar-refractivity contribution in [1.82, 2.24) is 15.5 Å². The number of nitrogens with one attached hydrogen (secondary N) is 2. The number of benzene rings is 1. The highest BCUT2D eigenvalue weighted by atomic mass is 35.5. The van der Waals surface area contributed by atoms with Crippen molar-refractivity contribution in [3.05, 3.63) is 28.9 Å². The van der Waals surface area contributed by atoms with Crippen molar-refractivity contribution in [2.24, 2.45) is 11.8 Å². The van der Waals surface area contributed by atoms with E-state index in [0.29, 0.717) is 16.9 Å². The Balaban J connectivity index is 0.00000121. The van der Waals surface area contributed by atoms with Gasteiger partial charge in [0.1, 0.15) is 0 Å². The molecular weight excluding hydrogens is 297 g/mol. The van der Waals surface area contributed by atoms with Crippen molar-refractivity contribution in [3.8, 4) is 0 Å². The standard InChI is InChI=1S/C14H16ClN3O.ClH/c15-11-1-8-7-17-18-13(8)12(2-11)14(19)3-9-5-16-6-10(9)4-14;/h1-2,7,9-10,16,19H,3-6H2,(H,17,18);1H/t9-,10+,14?;. The molecule has 2 aromatic rings. The van der Waals surface area contributed by atoms with Gasteiger partial charge in [-0.15, -0.1) is 12.4 Å². The molecule has 1 aliphatic heterocycles. The Morgan fingerprint density at radius 3 is 2.65 bits per heavy atom. The van der Waals surface area contributed by atoms with Gasteiger partial charge in [0.2, 0.25) is 0 Å². The zero-order chi connectivity index (χ0) is 13.0. The molecule has 2 aliphatic rings. The normalized spacial score (nSPS) is 32.3. The van der Waals surface area contributed by atoms with Crippen LogP contribution in [0.25, 0.3) is 10.9 Å². The van der Waals surface area contributed by atoms with Gasteiger partial charge in [-0.05, 0) is 49.9 Å². The number of rotatable bonds is 1. The van der Waals surface area contributed by atoms with E-state index in [9.17, 15) is 5.11 Å². The lowest BCUT2D eigenvalue weighted by Crippen LogP contribution is -2.26. The Kier molecular flexibility index (Phi) is 3.45. The quantitative estimate of drug-likeness (QED) is 0.758. The predicted molar refractivity (Wildman–Crippen MR) is 81.3 cm³/mol. The lowest BCUT2D eigenvalue weighted by atomic mass is 9.89. The SMILES string of the molecule is Cl.OC1(c2cc(Cl)cc3cn[nH]c23)C[C@H]2CNC[C@H]2C1. The van der Waals surface area contributed by atoms with Crippen molar-refractivity contribution in [2.75, 3.05) is 13.1 Å². The number of hydrogen-bond acceptors (Lipinski definition) is 3. The molecule has 1 saturated carbocycles. The molecule has 0 spiro atoms. The highest BCUT2D eigenvalue weighted by Gasteiger charge is 2.47. The van der Waals surface area contributed by atoms with Gasteiger partial charge in [-0.2, -0.15) is 5.10 Å². The van der Waals surface area contributed by atoms with Crippen molar-refractivity contribution >= 4 is 34.9 Å². The Morgan fingerprint density at radius 1 is 1.25 bits per heavy atom. The van der Waals surface area contributed by atoms with E-state index in [-0.39, 0.29) is 12.4 Å². The van der Waals surface area contributed by atoms with Crippen LogP contribution in [0.15, 0.2) is 18.3 Å². The van der Waals surface area contributed by atoms with Gasteiger partial charge in [-0.1, -0.05) is 11.6 Å². The summed E-state index contributed by atoms with van der Waals surface area (Å²) in [6.45, 7) is 2.03. The monoisotopic (exact) mass is 313 g/mol. The molecule has 1 saturated heterocycles. The second-order valence-electron chi connectivity index (χ2n) is 5.91. The van der Waals surface area contributed by atoms with Crippen LogP contribution in [0, 0.1) is 11.8 Å². The van der Waals surface area contributed by atoms with Crippen molar-refractivity contribution in [3.63, 3.8) is 0 Å². The number of halogens is 2. The first kappa shape index (κ1) is 14.1. The molecule has 4 nitrogen and oxygen atoms in total. The fourth-order valence-corrected chi connectivity index (χ4v) is 4.05. The van der Waals surface area contributed by atoms with E-state index < -0.39 is 5.60 Å². The van der Waals surface area contributed by atoms with Crippen LogP contribution in [0.5, 0.6) is 0 Å². The van der Waals surface area contributed by atoms with E-state index in [1.807, 2.05) is 12.1 Å². The van der Waals surface area contributed by atoms with E-state index in [0.717, 1.165) is 42.4 Å². The summed E-state index contributed by atoms with van der Waals surface area (Å²) in [6.07, 6.45) is 3.36. The minimum absolute atomic E-state index is 0. The predicted octanol–water partition coefficient (Wildman–Crippen LogP) is 2.46. The van der Waals surface area contributed by atoms with Crippen LogP contribution in [-0.4, -0.2) is 28.4 Å². The highest BCUT2D eigenvalue weighted by Crippen LogP contribution is 2.48. The summed E-state index contributed by atoms with van der Waals surface area (Å²) in [4.78, 5) is 0. The van der Waals surface area contributed by atoms with Crippen LogP contribution in [-0.2, 0) is 5.60 Å². The first-order chi connectivity index (χ1) is 9.16. The summed E-state index contributed by atoms with van der Waals surface area (Å²) in [5.41, 5.74) is 1.05. The van der Waals surface area contributed by atoms with Crippen molar-refractivity contribution < 1.29 is 5.11 Å². The molecule has 108 valence electrons. The number of hydrogen-bond donors (Lipinski definition) is 3. The maximum atomic E-state index is 11.1. The lowest BCUT2D eigenvalue weighted by Gasteiger charge is -2.25. The first-order valence-corrected chi connectivity index (χ1v) is 7.10. The van der Waals surface area contributed by atoms with Crippen LogP contribution in [0.2, 0.25) is 5.02 Å². The largest absolute Gasteiger partial charge is 0.385 e. The third kappa shape index (κ3) is 2.02. The van der Waals surface area contributed by atoms with E-state index in [1.165, 1.54) is 0 Å². The van der Waals surface area contributed by atoms with Gasteiger partial charge in [0.05, 0.1) is 17.3 Å². The number of fused-ring (bicyclic) bond motifs is 2. The zero-order valence-corrected chi connectivity index (χ0v) is 12.5. The van der Waals surface area contributed by atoms with Crippen LogP contribution in [0.1, 0.15) is 18.4 Å². The summed E-state index contributed by atoms with van der Waals surface area (Å²) in [5, 5.41) is 23.2. The Labute approximate surface area is 128 Å². The molecule has 4 rings (SSSR count). The lowest BCUT2D eigenvalue weighted by molar-refractivity contribution is 0.0372.